The summed E-state index contributed by atoms with van der Waals surface area (Å²) in [7, 11) is 1.93. The fourth-order valence-corrected chi connectivity index (χ4v) is 2.60. The number of rotatable bonds is 2. The van der Waals surface area contributed by atoms with Crippen molar-refractivity contribution in [3.63, 3.8) is 0 Å². The Balaban J connectivity index is 2.59. The van der Waals surface area contributed by atoms with E-state index in [4.69, 9.17) is 5.73 Å². The molecule has 0 spiro atoms. The highest BCUT2D eigenvalue weighted by molar-refractivity contribution is 9.10. The van der Waals surface area contributed by atoms with Crippen molar-refractivity contribution in [2.45, 2.75) is 19.4 Å². The molecule has 0 bridgehead atoms. The van der Waals surface area contributed by atoms with Crippen LogP contribution in [0.1, 0.15) is 13.8 Å². The zero-order chi connectivity index (χ0) is 13.5. The van der Waals surface area contributed by atoms with Gasteiger partial charge < -0.3 is 15.5 Å². The quantitative estimate of drug-likeness (QED) is 0.908. The van der Waals surface area contributed by atoms with Crippen LogP contribution in [0.4, 0.5) is 11.4 Å². The number of nitrogens with two attached hydrogens (primary N) is 1. The maximum absolute atomic E-state index is 12.3. The zero-order valence-electron chi connectivity index (χ0n) is 10.9. The second kappa shape index (κ2) is 4.55. The second-order valence-corrected chi connectivity index (χ2v) is 6.15. The Bertz CT molecular complexity index is 487. The summed E-state index contributed by atoms with van der Waals surface area (Å²) in [5.41, 5.74) is 7.40. The minimum Gasteiger partial charge on any atom is -0.364 e. The fraction of sp³-hybridized carbons (Fsp3) is 0.462. The zero-order valence-corrected chi connectivity index (χ0v) is 12.5. The van der Waals surface area contributed by atoms with Gasteiger partial charge in [0.2, 0.25) is 5.91 Å². The summed E-state index contributed by atoms with van der Waals surface area (Å²) in [6.07, 6.45) is 0. The molecule has 18 heavy (non-hydrogen) atoms. The van der Waals surface area contributed by atoms with Crippen LogP contribution in [-0.4, -0.2) is 31.6 Å². The molecule has 1 aliphatic heterocycles. The van der Waals surface area contributed by atoms with Crippen molar-refractivity contribution in [2.24, 2.45) is 5.73 Å². The lowest BCUT2D eigenvalue weighted by Gasteiger charge is -2.44. The minimum atomic E-state index is -0.381. The molecule has 2 N–H and O–H groups in total. The number of halogens is 1. The van der Waals surface area contributed by atoms with Gasteiger partial charge in [-0.05, 0) is 32.0 Å². The molecule has 1 aromatic carbocycles. The summed E-state index contributed by atoms with van der Waals surface area (Å²) in [6.45, 7) is 4.79. The van der Waals surface area contributed by atoms with Gasteiger partial charge in [0, 0.05) is 18.1 Å². The average molecular weight is 312 g/mol. The first kappa shape index (κ1) is 13.4. The maximum atomic E-state index is 12.3. The summed E-state index contributed by atoms with van der Waals surface area (Å²) >= 11 is 3.46. The molecule has 0 saturated carbocycles. The number of anilines is 2. The lowest BCUT2D eigenvalue weighted by Crippen LogP contribution is -2.57. The number of amides is 1. The van der Waals surface area contributed by atoms with E-state index in [2.05, 4.69) is 15.9 Å². The molecule has 0 fully saturated rings. The standard InChI is InChI=1S/C13H18BrN3O/c1-13(2,8-15)17-11-6-9(14)4-5-10(11)16(3)7-12(17)18/h4-6H,7-8,15H2,1-3H3. The van der Waals surface area contributed by atoms with Gasteiger partial charge in [-0.3, -0.25) is 4.79 Å². The molecule has 1 amide bonds. The van der Waals surface area contributed by atoms with Crippen molar-refractivity contribution in [3.05, 3.63) is 22.7 Å². The molecule has 1 heterocycles. The van der Waals surface area contributed by atoms with E-state index >= 15 is 0 Å². The van der Waals surface area contributed by atoms with Crippen molar-refractivity contribution in [3.8, 4) is 0 Å². The van der Waals surface area contributed by atoms with Gasteiger partial charge in [-0.25, -0.2) is 0 Å². The summed E-state index contributed by atoms with van der Waals surface area (Å²) in [4.78, 5) is 16.1. The highest BCUT2D eigenvalue weighted by atomic mass is 79.9. The highest BCUT2D eigenvalue weighted by Crippen LogP contribution is 2.38. The van der Waals surface area contributed by atoms with Crippen molar-refractivity contribution in [1.82, 2.24) is 0 Å². The number of benzene rings is 1. The van der Waals surface area contributed by atoms with E-state index in [0.29, 0.717) is 13.1 Å². The Hall–Kier alpha value is -1.07. The number of hydrogen-bond donors (Lipinski definition) is 1. The van der Waals surface area contributed by atoms with Gasteiger partial charge in [-0.15, -0.1) is 0 Å². The Morgan fingerprint density at radius 3 is 2.67 bits per heavy atom. The van der Waals surface area contributed by atoms with Gasteiger partial charge in [0.15, 0.2) is 0 Å². The molecule has 0 aliphatic carbocycles. The van der Waals surface area contributed by atoms with Crippen LogP contribution in [0, 0.1) is 0 Å². The summed E-state index contributed by atoms with van der Waals surface area (Å²) < 4.78 is 0.960. The normalized spacial score (nSPS) is 15.9. The number of likely N-dealkylation sites (N-methyl/N-ethyl adjacent to an activating group) is 1. The van der Waals surface area contributed by atoms with Gasteiger partial charge in [-0.1, -0.05) is 15.9 Å². The number of nitrogens with zero attached hydrogens (tertiary/aromatic N) is 2. The number of fused-ring (bicyclic) bond motifs is 1. The lowest BCUT2D eigenvalue weighted by molar-refractivity contribution is -0.118. The van der Waals surface area contributed by atoms with Crippen molar-refractivity contribution in [1.29, 1.82) is 0 Å². The molecule has 0 aromatic heterocycles. The molecule has 0 unspecified atom stereocenters. The van der Waals surface area contributed by atoms with E-state index in [1.165, 1.54) is 0 Å². The van der Waals surface area contributed by atoms with E-state index in [1.807, 2.05) is 48.9 Å². The van der Waals surface area contributed by atoms with Gasteiger partial charge >= 0.3 is 0 Å². The molecular weight excluding hydrogens is 294 g/mol. The van der Waals surface area contributed by atoms with E-state index in [9.17, 15) is 4.79 Å². The molecule has 1 aromatic rings. The SMILES string of the molecule is CN1CC(=O)N(C(C)(C)CN)c2cc(Br)ccc21. The van der Waals surface area contributed by atoms with Crippen molar-refractivity contribution >= 4 is 33.2 Å². The number of carbonyl (C=O) groups is 1. The van der Waals surface area contributed by atoms with E-state index in [-0.39, 0.29) is 11.4 Å². The van der Waals surface area contributed by atoms with Crippen LogP contribution in [0.3, 0.4) is 0 Å². The Labute approximate surface area is 116 Å². The molecule has 2 rings (SSSR count). The predicted octanol–water partition coefficient (Wildman–Crippen LogP) is 1.97. The average Bonchev–Trinajstić information content (AvgIpc) is 2.28. The van der Waals surface area contributed by atoms with Crippen LogP contribution >= 0.6 is 15.9 Å². The fourth-order valence-electron chi connectivity index (χ4n) is 2.25. The van der Waals surface area contributed by atoms with Crippen LogP contribution in [0.5, 0.6) is 0 Å². The highest BCUT2D eigenvalue weighted by Gasteiger charge is 2.36. The third-order valence-corrected chi connectivity index (χ3v) is 3.81. The van der Waals surface area contributed by atoms with Gasteiger partial charge in [0.05, 0.1) is 23.5 Å². The van der Waals surface area contributed by atoms with Gasteiger partial charge in [-0.2, -0.15) is 0 Å². The van der Waals surface area contributed by atoms with E-state index in [0.717, 1.165) is 15.8 Å². The molecular formula is C13H18BrN3O. The Morgan fingerprint density at radius 1 is 1.39 bits per heavy atom. The second-order valence-electron chi connectivity index (χ2n) is 5.23. The minimum absolute atomic E-state index is 0.0820. The molecule has 4 nitrogen and oxygen atoms in total. The number of hydrogen-bond acceptors (Lipinski definition) is 3. The van der Waals surface area contributed by atoms with Crippen molar-refractivity contribution in [2.75, 3.05) is 29.9 Å². The molecule has 5 heteroatoms. The Kier molecular flexibility index (Phi) is 3.38. The van der Waals surface area contributed by atoms with Crippen LogP contribution < -0.4 is 15.5 Å². The van der Waals surface area contributed by atoms with Crippen molar-refractivity contribution < 1.29 is 4.79 Å². The van der Waals surface area contributed by atoms with Gasteiger partial charge in [0.1, 0.15) is 0 Å². The van der Waals surface area contributed by atoms with Crippen LogP contribution in [-0.2, 0) is 4.79 Å². The third kappa shape index (κ3) is 2.12. The molecule has 0 saturated heterocycles. The smallest absolute Gasteiger partial charge is 0.247 e. The van der Waals surface area contributed by atoms with E-state index < -0.39 is 0 Å². The summed E-state index contributed by atoms with van der Waals surface area (Å²) in [5, 5.41) is 0. The summed E-state index contributed by atoms with van der Waals surface area (Å²) in [5.74, 6) is 0.0820. The molecule has 1 aliphatic rings. The number of carbonyl (C=O) groups excluding carboxylic acids is 1. The first-order valence-electron chi connectivity index (χ1n) is 5.90. The van der Waals surface area contributed by atoms with E-state index in [1.54, 1.807) is 0 Å². The maximum Gasteiger partial charge on any atom is 0.247 e. The van der Waals surface area contributed by atoms with Crippen LogP contribution in [0.2, 0.25) is 0 Å². The third-order valence-electron chi connectivity index (χ3n) is 3.32. The molecule has 0 radical (unpaired) electrons. The molecule has 0 atom stereocenters. The molecule has 98 valence electrons. The van der Waals surface area contributed by atoms with Crippen LogP contribution in [0.25, 0.3) is 0 Å². The van der Waals surface area contributed by atoms with Gasteiger partial charge in [0.25, 0.3) is 0 Å². The topological polar surface area (TPSA) is 49.6 Å². The first-order chi connectivity index (χ1) is 8.36. The summed E-state index contributed by atoms with van der Waals surface area (Å²) in [6, 6.07) is 5.98. The first-order valence-corrected chi connectivity index (χ1v) is 6.70. The lowest BCUT2D eigenvalue weighted by atomic mass is 9.99. The monoisotopic (exact) mass is 311 g/mol. The predicted molar refractivity (Wildman–Crippen MR) is 78.0 cm³/mol. The van der Waals surface area contributed by atoms with Crippen LogP contribution in [0.15, 0.2) is 22.7 Å². The largest absolute Gasteiger partial charge is 0.364 e. The Morgan fingerprint density at radius 2 is 2.06 bits per heavy atom.